The molecule has 1 aliphatic rings. The molecule has 0 saturated carbocycles. The van der Waals surface area contributed by atoms with Gasteiger partial charge in [0.1, 0.15) is 0 Å². The number of halogens is 2. The summed E-state index contributed by atoms with van der Waals surface area (Å²) in [5.74, 6) is -0.221. The van der Waals surface area contributed by atoms with Gasteiger partial charge in [-0.2, -0.15) is 0 Å². The Morgan fingerprint density at radius 3 is 2.33 bits per heavy atom. The van der Waals surface area contributed by atoms with E-state index in [2.05, 4.69) is 10.6 Å². The van der Waals surface area contributed by atoms with Crippen LogP contribution in [0.1, 0.15) is 18.5 Å². The van der Waals surface area contributed by atoms with Crippen LogP contribution in [-0.4, -0.2) is 30.9 Å². The summed E-state index contributed by atoms with van der Waals surface area (Å²) in [5, 5.41) is 6.10. The fourth-order valence-corrected chi connectivity index (χ4v) is 2.84. The Morgan fingerprint density at radius 2 is 1.81 bits per heavy atom. The predicted molar refractivity (Wildman–Crippen MR) is 82.3 cm³/mol. The number of rotatable bonds is 2. The van der Waals surface area contributed by atoms with E-state index in [0.717, 1.165) is 0 Å². The van der Waals surface area contributed by atoms with Gasteiger partial charge in [-0.15, -0.1) is 0 Å². The number of benzene rings is 1. The van der Waals surface area contributed by atoms with Gasteiger partial charge in [0.05, 0.1) is 11.6 Å². The van der Waals surface area contributed by atoms with Crippen molar-refractivity contribution in [2.45, 2.75) is 13.0 Å². The third-order valence-electron chi connectivity index (χ3n) is 3.19. The number of allylic oxidation sites excluding steroid dienone is 1. The predicted octanol–water partition coefficient (Wildman–Crippen LogP) is 2.71. The highest BCUT2D eigenvalue weighted by Crippen LogP contribution is 2.36. The Hall–Kier alpha value is -1.72. The van der Waals surface area contributed by atoms with Gasteiger partial charge in [-0.25, -0.2) is 4.79 Å². The van der Waals surface area contributed by atoms with Crippen molar-refractivity contribution in [3.63, 3.8) is 0 Å². The molecule has 0 fully saturated rings. The molecule has 0 unspecified atom stereocenters. The number of hydrogen-bond acceptors (Lipinski definition) is 2. The fourth-order valence-electron chi connectivity index (χ4n) is 2.22. The average molecular weight is 328 g/mol. The molecular weight excluding hydrogens is 313 g/mol. The summed E-state index contributed by atoms with van der Waals surface area (Å²) in [6.45, 7) is 1.67. The molecule has 7 heteroatoms. The molecule has 0 aromatic heterocycles. The third-order valence-corrected chi connectivity index (χ3v) is 3.85. The highest BCUT2D eigenvalue weighted by molar-refractivity contribution is 6.36. The minimum Gasteiger partial charge on any atom is -0.345 e. The minimum atomic E-state index is -0.685. The van der Waals surface area contributed by atoms with Crippen molar-refractivity contribution >= 4 is 35.1 Å². The van der Waals surface area contributed by atoms with Gasteiger partial charge in [0, 0.05) is 35.4 Å². The lowest BCUT2D eigenvalue weighted by Gasteiger charge is -2.31. The van der Waals surface area contributed by atoms with Crippen LogP contribution in [0.4, 0.5) is 4.79 Å². The van der Waals surface area contributed by atoms with E-state index in [1.807, 2.05) is 0 Å². The van der Waals surface area contributed by atoms with Gasteiger partial charge in [0.15, 0.2) is 0 Å². The number of hydrogen-bond donors (Lipinski definition) is 2. The van der Waals surface area contributed by atoms with Crippen molar-refractivity contribution in [3.8, 4) is 0 Å². The standard InChI is InChI=1S/C14H15Cl2N3O2/c1-7-10(13(20)19(2)3)12(18-14(21)17-7)11-8(15)5-4-6-9(11)16/h4-6,12H,1-3H3,(H2,17,18,21)/t12-/m0/s1. The average Bonchev–Trinajstić information content (AvgIpc) is 2.37. The van der Waals surface area contributed by atoms with Crippen molar-refractivity contribution in [2.24, 2.45) is 0 Å². The van der Waals surface area contributed by atoms with Crippen molar-refractivity contribution in [1.82, 2.24) is 15.5 Å². The summed E-state index contributed by atoms with van der Waals surface area (Å²) in [4.78, 5) is 25.6. The quantitative estimate of drug-likeness (QED) is 0.877. The molecule has 0 bridgehead atoms. The first-order valence-electron chi connectivity index (χ1n) is 6.26. The molecule has 0 spiro atoms. The van der Waals surface area contributed by atoms with Crippen LogP contribution in [0.2, 0.25) is 10.0 Å². The molecule has 5 nitrogen and oxygen atoms in total. The van der Waals surface area contributed by atoms with Crippen LogP contribution in [0.3, 0.4) is 0 Å². The largest absolute Gasteiger partial charge is 0.345 e. The highest BCUT2D eigenvalue weighted by Gasteiger charge is 2.34. The van der Waals surface area contributed by atoms with Crippen LogP contribution in [-0.2, 0) is 4.79 Å². The summed E-state index contributed by atoms with van der Waals surface area (Å²) in [6, 6.07) is 3.97. The number of carbonyl (C=O) groups is 2. The van der Waals surface area contributed by atoms with Gasteiger partial charge >= 0.3 is 6.03 Å². The second-order valence-electron chi connectivity index (χ2n) is 4.91. The minimum absolute atomic E-state index is 0.221. The van der Waals surface area contributed by atoms with E-state index in [0.29, 0.717) is 26.9 Å². The zero-order chi connectivity index (χ0) is 15.7. The Bertz CT molecular complexity index is 621. The molecular formula is C14H15Cl2N3O2. The smallest absolute Gasteiger partial charge is 0.319 e. The zero-order valence-electron chi connectivity index (χ0n) is 11.8. The van der Waals surface area contributed by atoms with Crippen LogP contribution < -0.4 is 10.6 Å². The van der Waals surface area contributed by atoms with E-state index in [-0.39, 0.29) is 5.91 Å². The number of urea groups is 1. The van der Waals surface area contributed by atoms with Crippen LogP contribution in [0, 0.1) is 0 Å². The zero-order valence-corrected chi connectivity index (χ0v) is 13.3. The number of nitrogens with zero attached hydrogens (tertiary/aromatic N) is 1. The highest BCUT2D eigenvalue weighted by atomic mass is 35.5. The van der Waals surface area contributed by atoms with Crippen molar-refractivity contribution in [3.05, 3.63) is 45.1 Å². The molecule has 21 heavy (non-hydrogen) atoms. The first-order valence-corrected chi connectivity index (χ1v) is 7.02. The van der Waals surface area contributed by atoms with Gasteiger partial charge < -0.3 is 15.5 Å². The summed E-state index contributed by atoms with van der Waals surface area (Å²) >= 11 is 12.4. The van der Waals surface area contributed by atoms with Crippen molar-refractivity contribution < 1.29 is 9.59 Å². The molecule has 0 saturated heterocycles. The molecule has 0 radical (unpaired) electrons. The topological polar surface area (TPSA) is 61.4 Å². The Balaban J connectivity index is 2.61. The van der Waals surface area contributed by atoms with E-state index in [1.54, 1.807) is 39.2 Å². The molecule has 2 N–H and O–H groups in total. The van der Waals surface area contributed by atoms with Crippen molar-refractivity contribution in [1.29, 1.82) is 0 Å². The second-order valence-corrected chi connectivity index (χ2v) is 5.72. The van der Waals surface area contributed by atoms with Gasteiger partial charge in [-0.1, -0.05) is 29.3 Å². The number of likely N-dealkylation sites (N-methyl/N-ethyl adjacent to an activating group) is 1. The lowest BCUT2D eigenvalue weighted by Crippen LogP contribution is -2.47. The van der Waals surface area contributed by atoms with Gasteiger partial charge in [0.2, 0.25) is 0 Å². The van der Waals surface area contributed by atoms with E-state index in [9.17, 15) is 9.59 Å². The first kappa shape index (κ1) is 15.7. The number of nitrogens with one attached hydrogen (secondary N) is 2. The molecule has 1 aromatic carbocycles. The molecule has 1 aliphatic heterocycles. The molecule has 0 aliphatic carbocycles. The maximum atomic E-state index is 12.4. The van der Waals surface area contributed by atoms with Gasteiger partial charge in [-0.3, -0.25) is 4.79 Å². The van der Waals surface area contributed by atoms with Gasteiger partial charge in [-0.05, 0) is 19.1 Å². The molecule has 1 aromatic rings. The molecule has 3 amide bonds. The summed E-state index contributed by atoms with van der Waals surface area (Å²) in [7, 11) is 3.29. The van der Waals surface area contributed by atoms with E-state index < -0.39 is 12.1 Å². The maximum absolute atomic E-state index is 12.4. The fraction of sp³-hybridized carbons (Fsp3) is 0.286. The third kappa shape index (κ3) is 2.99. The molecule has 2 rings (SSSR count). The van der Waals surface area contributed by atoms with Crippen LogP contribution in [0.5, 0.6) is 0 Å². The lowest BCUT2D eigenvalue weighted by atomic mass is 9.94. The second kappa shape index (κ2) is 5.95. The van der Waals surface area contributed by atoms with Gasteiger partial charge in [0.25, 0.3) is 5.91 Å². The van der Waals surface area contributed by atoms with E-state index in [4.69, 9.17) is 23.2 Å². The molecule has 112 valence electrons. The Labute approximate surface area is 132 Å². The van der Waals surface area contributed by atoms with Crippen LogP contribution >= 0.6 is 23.2 Å². The normalized spacial score (nSPS) is 18.1. The summed E-state index contributed by atoms with van der Waals surface area (Å²) in [6.07, 6.45) is 0. The van der Waals surface area contributed by atoms with Crippen LogP contribution in [0.25, 0.3) is 0 Å². The SMILES string of the molecule is CC1=C(C(=O)N(C)C)[C@@H](c2c(Cl)cccc2Cl)NC(=O)N1. The summed E-state index contributed by atoms with van der Waals surface area (Å²) < 4.78 is 0. The first-order chi connectivity index (χ1) is 9.82. The Kier molecular flexibility index (Phi) is 4.44. The number of amides is 3. The van der Waals surface area contributed by atoms with E-state index >= 15 is 0 Å². The Morgan fingerprint density at radius 1 is 1.24 bits per heavy atom. The summed E-state index contributed by atoms with van der Waals surface area (Å²) in [5.41, 5.74) is 1.41. The van der Waals surface area contributed by atoms with Crippen LogP contribution in [0.15, 0.2) is 29.5 Å². The molecule has 1 atom stereocenters. The maximum Gasteiger partial charge on any atom is 0.319 e. The lowest BCUT2D eigenvalue weighted by molar-refractivity contribution is -0.125. The monoisotopic (exact) mass is 327 g/mol. The van der Waals surface area contributed by atoms with E-state index in [1.165, 1.54) is 4.90 Å². The molecule has 1 heterocycles. The number of carbonyl (C=O) groups excluding carboxylic acids is 2. The van der Waals surface area contributed by atoms with Crippen molar-refractivity contribution in [2.75, 3.05) is 14.1 Å².